The first-order valence-corrected chi connectivity index (χ1v) is 11.6. The number of hydrogen-bond donors (Lipinski definition) is 0. The van der Waals surface area contributed by atoms with Crippen molar-refractivity contribution in [2.24, 2.45) is 0 Å². The predicted octanol–water partition coefficient (Wildman–Crippen LogP) is 9.67. The van der Waals surface area contributed by atoms with E-state index in [2.05, 4.69) is 97.9 Å². The van der Waals surface area contributed by atoms with Gasteiger partial charge in [-0.2, -0.15) is 0 Å². The molecule has 0 radical (unpaired) electrons. The fourth-order valence-corrected chi connectivity index (χ4v) is 3.98. The van der Waals surface area contributed by atoms with Gasteiger partial charge in [-0.1, -0.05) is 110 Å². The van der Waals surface area contributed by atoms with Gasteiger partial charge in [0.15, 0.2) is 0 Å². The first kappa shape index (κ1) is 24.9. The standard InChI is InChI=1S/C18H21F.C12H18/c1-12(2)17-10-7-15(11-18(17)13(3)4)14-5-8-16(19)9-6-14;1-9(2)11-7-5-6-8-12(11)10(3)4/h5-13H,1-4H3;5-10H,1-4H3. The van der Waals surface area contributed by atoms with Gasteiger partial charge in [-0.3, -0.25) is 0 Å². The van der Waals surface area contributed by atoms with E-state index in [4.69, 9.17) is 0 Å². The van der Waals surface area contributed by atoms with E-state index in [-0.39, 0.29) is 5.82 Å². The Morgan fingerprint density at radius 2 is 0.839 bits per heavy atom. The number of benzene rings is 3. The molecule has 0 saturated heterocycles. The van der Waals surface area contributed by atoms with Crippen LogP contribution in [-0.2, 0) is 0 Å². The Kier molecular flexibility index (Phi) is 9.04. The number of rotatable bonds is 5. The molecule has 0 saturated carbocycles. The van der Waals surface area contributed by atoms with Gasteiger partial charge in [-0.25, -0.2) is 4.39 Å². The smallest absolute Gasteiger partial charge is 0.123 e. The molecule has 0 nitrogen and oxygen atoms in total. The van der Waals surface area contributed by atoms with Gasteiger partial charge in [0.25, 0.3) is 0 Å². The van der Waals surface area contributed by atoms with Crippen molar-refractivity contribution in [2.75, 3.05) is 0 Å². The minimum Gasteiger partial charge on any atom is -0.207 e. The van der Waals surface area contributed by atoms with Crippen LogP contribution >= 0.6 is 0 Å². The van der Waals surface area contributed by atoms with Gasteiger partial charge in [0.05, 0.1) is 0 Å². The lowest BCUT2D eigenvalue weighted by Crippen LogP contribution is -1.99. The topological polar surface area (TPSA) is 0 Å². The fraction of sp³-hybridized carbons (Fsp3) is 0.400. The second kappa shape index (κ2) is 11.3. The normalized spacial score (nSPS) is 11.3. The molecule has 31 heavy (non-hydrogen) atoms. The van der Waals surface area contributed by atoms with Crippen LogP contribution < -0.4 is 0 Å². The average molecular weight is 419 g/mol. The summed E-state index contributed by atoms with van der Waals surface area (Å²) in [6.07, 6.45) is 0. The Labute approximate surface area is 189 Å². The van der Waals surface area contributed by atoms with E-state index in [1.54, 1.807) is 0 Å². The van der Waals surface area contributed by atoms with E-state index in [0.717, 1.165) is 11.1 Å². The highest BCUT2D eigenvalue weighted by Gasteiger charge is 2.11. The third kappa shape index (κ3) is 6.79. The van der Waals surface area contributed by atoms with Crippen molar-refractivity contribution in [3.05, 3.63) is 94.8 Å². The Morgan fingerprint density at radius 3 is 1.26 bits per heavy atom. The van der Waals surface area contributed by atoms with E-state index in [1.807, 2.05) is 12.1 Å². The molecule has 0 atom stereocenters. The highest BCUT2D eigenvalue weighted by molar-refractivity contribution is 5.65. The van der Waals surface area contributed by atoms with E-state index in [1.165, 1.54) is 34.4 Å². The molecule has 1 heteroatoms. The molecule has 0 bridgehead atoms. The summed E-state index contributed by atoms with van der Waals surface area (Å²) in [5.41, 5.74) is 8.00. The van der Waals surface area contributed by atoms with Crippen molar-refractivity contribution < 1.29 is 4.39 Å². The molecular formula is C30H39F. The Hall–Kier alpha value is -2.41. The molecule has 0 amide bonds. The quantitative estimate of drug-likeness (QED) is 0.387. The molecule has 3 rings (SSSR count). The molecule has 0 aliphatic rings. The number of hydrogen-bond acceptors (Lipinski definition) is 0. The predicted molar refractivity (Wildman–Crippen MR) is 135 cm³/mol. The Balaban J connectivity index is 0.000000245. The molecule has 0 fully saturated rings. The first-order chi connectivity index (χ1) is 14.6. The Bertz CT molecular complexity index is 919. The Morgan fingerprint density at radius 1 is 0.452 bits per heavy atom. The van der Waals surface area contributed by atoms with Crippen LogP contribution in [0.5, 0.6) is 0 Å². The summed E-state index contributed by atoms with van der Waals surface area (Å²) >= 11 is 0. The summed E-state index contributed by atoms with van der Waals surface area (Å²) in [5.74, 6) is 2.12. The lowest BCUT2D eigenvalue weighted by molar-refractivity contribution is 0.628. The van der Waals surface area contributed by atoms with Crippen molar-refractivity contribution in [1.82, 2.24) is 0 Å². The monoisotopic (exact) mass is 418 g/mol. The van der Waals surface area contributed by atoms with Crippen molar-refractivity contribution >= 4 is 0 Å². The highest BCUT2D eigenvalue weighted by Crippen LogP contribution is 2.31. The van der Waals surface area contributed by atoms with Gasteiger partial charge in [-0.05, 0) is 69.2 Å². The fourth-order valence-electron chi connectivity index (χ4n) is 3.98. The van der Waals surface area contributed by atoms with Crippen molar-refractivity contribution in [3.8, 4) is 11.1 Å². The van der Waals surface area contributed by atoms with Gasteiger partial charge in [0.1, 0.15) is 5.82 Å². The lowest BCUT2D eigenvalue weighted by Gasteiger charge is -2.17. The molecule has 0 N–H and O–H groups in total. The van der Waals surface area contributed by atoms with Crippen LogP contribution in [0.15, 0.2) is 66.7 Å². The van der Waals surface area contributed by atoms with Crippen molar-refractivity contribution in [2.45, 2.75) is 79.1 Å². The van der Waals surface area contributed by atoms with E-state index < -0.39 is 0 Å². The molecule has 0 aromatic heterocycles. The minimum absolute atomic E-state index is 0.188. The first-order valence-electron chi connectivity index (χ1n) is 11.6. The molecule has 3 aromatic rings. The molecule has 0 aliphatic heterocycles. The molecule has 3 aromatic carbocycles. The summed E-state index contributed by atoms with van der Waals surface area (Å²) in [7, 11) is 0. The third-order valence-electron chi connectivity index (χ3n) is 5.75. The van der Waals surface area contributed by atoms with E-state index in [0.29, 0.717) is 23.7 Å². The van der Waals surface area contributed by atoms with Crippen LogP contribution in [0.3, 0.4) is 0 Å². The lowest BCUT2D eigenvalue weighted by atomic mass is 9.88. The van der Waals surface area contributed by atoms with Gasteiger partial charge >= 0.3 is 0 Å². The molecule has 0 spiro atoms. The maximum Gasteiger partial charge on any atom is 0.123 e. The van der Waals surface area contributed by atoms with Gasteiger partial charge < -0.3 is 0 Å². The summed E-state index contributed by atoms with van der Waals surface area (Å²) in [6.45, 7) is 17.9. The summed E-state index contributed by atoms with van der Waals surface area (Å²) in [6, 6.07) is 22.0. The molecule has 0 unspecified atom stereocenters. The van der Waals surface area contributed by atoms with Crippen LogP contribution in [0, 0.1) is 5.82 Å². The second-order valence-corrected chi connectivity index (χ2v) is 9.60. The van der Waals surface area contributed by atoms with E-state index >= 15 is 0 Å². The third-order valence-corrected chi connectivity index (χ3v) is 5.75. The molecular weight excluding hydrogens is 379 g/mol. The van der Waals surface area contributed by atoms with Gasteiger partial charge in [0.2, 0.25) is 0 Å². The van der Waals surface area contributed by atoms with Gasteiger partial charge in [0, 0.05) is 0 Å². The van der Waals surface area contributed by atoms with Crippen LogP contribution in [0.4, 0.5) is 4.39 Å². The number of halogens is 1. The zero-order chi connectivity index (χ0) is 23.1. The SMILES string of the molecule is CC(C)c1ccc(-c2ccc(F)cc2)cc1C(C)C.CC(C)c1ccccc1C(C)C. The summed E-state index contributed by atoms with van der Waals surface area (Å²) < 4.78 is 13.0. The highest BCUT2D eigenvalue weighted by atomic mass is 19.1. The average Bonchev–Trinajstić information content (AvgIpc) is 2.74. The molecule has 0 heterocycles. The molecule has 0 aliphatic carbocycles. The molecule has 166 valence electrons. The zero-order valence-electron chi connectivity index (χ0n) is 20.5. The van der Waals surface area contributed by atoms with Crippen molar-refractivity contribution in [3.63, 3.8) is 0 Å². The minimum atomic E-state index is -0.188. The van der Waals surface area contributed by atoms with Gasteiger partial charge in [-0.15, -0.1) is 0 Å². The van der Waals surface area contributed by atoms with Crippen LogP contribution in [0.1, 0.15) is 101 Å². The van der Waals surface area contributed by atoms with E-state index in [9.17, 15) is 4.39 Å². The maximum atomic E-state index is 13.0. The summed E-state index contributed by atoms with van der Waals surface area (Å²) in [5, 5.41) is 0. The van der Waals surface area contributed by atoms with Crippen LogP contribution in [0.25, 0.3) is 11.1 Å². The second-order valence-electron chi connectivity index (χ2n) is 9.60. The largest absolute Gasteiger partial charge is 0.207 e. The zero-order valence-corrected chi connectivity index (χ0v) is 20.5. The maximum absolute atomic E-state index is 13.0. The van der Waals surface area contributed by atoms with Crippen LogP contribution in [0.2, 0.25) is 0 Å². The summed E-state index contributed by atoms with van der Waals surface area (Å²) in [4.78, 5) is 0. The van der Waals surface area contributed by atoms with Crippen molar-refractivity contribution in [1.29, 1.82) is 0 Å². The van der Waals surface area contributed by atoms with Crippen LogP contribution in [-0.4, -0.2) is 0 Å².